The maximum Gasteiger partial charge on any atom is 0.243 e. The minimum atomic E-state index is -0.0306. The van der Waals surface area contributed by atoms with E-state index in [2.05, 4.69) is 29.3 Å². The number of nitrogens with one attached hydrogen (secondary N) is 1. The third-order valence-corrected chi connectivity index (χ3v) is 6.91. The minimum absolute atomic E-state index is 0.0306. The number of thiazole rings is 1. The highest BCUT2D eigenvalue weighted by molar-refractivity contribution is 7.16. The van der Waals surface area contributed by atoms with E-state index in [0.717, 1.165) is 74.8 Å². The second-order valence-corrected chi connectivity index (χ2v) is 8.79. The van der Waals surface area contributed by atoms with Crippen LogP contribution in [0, 0.1) is 5.92 Å². The lowest BCUT2D eigenvalue weighted by Gasteiger charge is -2.30. The van der Waals surface area contributed by atoms with Gasteiger partial charge in [0.1, 0.15) is 0 Å². The van der Waals surface area contributed by atoms with Crippen LogP contribution in [0.15, 0.2) is 30.3 Å². The summed E-state index contributed by atoms with van der Waals surface area (Å²) in [5.74, 6) is 0.749. The lowest BCUT2D eigenvalue weighted by atomic mass is 9.99. The quantitative estimate of drug-likeness (QED) is 0.791. The molecule has 0 radical (unpaired) electrons. The Labute approximate surface area is 171 Å². The normalized spacial score (nSPS) is 21.1. The van der Waals surface area contributed by atoms with Crippen LogP contribution in [0.2, 0.25) is 0 Å². The highest BCUT2D eigenvalue weighted by atomic mass is 32.1. The van der Waals surface area contributed by atoms with Crippen LogP contribution in [-0.2, 0) is 16.0 Å². The first-order valence-electron chi connectivity index (χ1n) is 10.4. The molecule has 6 heteroatoms. The molecule has 2 fully saturated rings. The average molecular weight is 400 g/mol. The highest BCUT2D eigenvalue weighted by Gasteiger charge is 2.33. The number of nitrogens with zero attached hydrogens (tertiary/aromatic N) is 2. The second-order valence-electron chi connectivity index (χ2n) is 7.71. The van der Waals surface area contributed by atoms with E-state index in [1.165, 1.54) is 4.88 Å². The fourth-order valence-corrected chi connectivity index (χ4v) is 5.18. The molecule has 0 saturated carbocycles. The van der Waals surface area contributed by atoms with Crippen molar-refractivity contribution < 1.29 is 9.53 Å². The summed E-state index contributed by atoms with van der Waals surface area (Å²) in [6.07, 6.45) is 5.16. The number of rotatable bonds is 6. The Kier molecular flexibility index (Phi) is 6.40. The topological polar surface area (TPSA) is 54.5 Å². The van der Waals surface area contributed by atoms with E-state index in [4.69, 9.17) is 9.72 Å². The molecule has 5 nitrogen and oxygen atoms in total. The number of carbonyl (C=O) groups excluding carboxylic acids is 1. The number of aromatic nitrogens is 1. The third-order valence-electron chi connectivity index (χ3n) is 5.80. The van der Waals surface area contributed by atoms with E-state index in [-0.39, 0.29) is 11.9 Å². The summed E-state index contributed by atoms with van der Waals surface area (Å²) in [5, 5.41) is 3.84. The van der Waals surface area contributed by atoms with E-state index in [1.807, 2.05) is 18.2 Å². The van der Waals surface area contributed by atoms with Gasteiger partial charge in [-0.2, -0.15) is 0 Å². The molecular weight excluding hydrogens is 370 g/mol. The van der Waals surface area contributed by atoms with Crippen LogP contribution in [0.4, 0.5) is 5.13 Å². The van der Waals surface area contributed by atoms with Gasteiger partial charge < -0.3 is 10.1 Å². The number of anilines is 1. The molecule has 1 atom stereocenters. The van der Waals surface area contributed by atoms with Crippen LogP contribution in [0.1, 0.15) is 37.5 Å². The number of carbonyl (C=O) groups is 1. The molecule has 1 amide bonds. The van der Waals surface area contributed by atoms with Crippen molar-refractivity contribution in [1.82, 2.24) is 9.88 Å². The first kappa shape index (κ1) is 19.6. The second kappa shape index (κ2) is 9.16. The third kappa shape index (κ3) is 4.45. The number of ether oxygens (including phenoxy) is 1. The van der Waals surface area contributed by atoms with Crippen LogP contribution in [-0.4, -0.2) is 48.1 Å². The smallest absolute Gasteiger partial charge is 0.243 e. The highest BCUT2D eigenvalue weighted by Crippen LogP contribution is 2.32. The molecular formula is C22H29N3O2S. The zero-order valence-corrected chi connectivity index (χ0v) is 17.3. The molecule has 0 spiro atoms. The predicted octanol–water partition coefficient (Wildman–Crippen LogP) is 4.20. The first-order valence-corrected chi connectivity index (χ1v) is 11.2. The summed E-state index contributed by atoms with van der Waals surface area (Å²) in [5.41, 5.74) is 2.10. The largest absolute Gasteiger partial charge is 0.381 e. The summed E-state index contributed by atoms with van der Waals surface area (Å²) in [4.78, 5) is 21.3. The minimum Gasteiger partial charge on any atom is -0.381 e. The molecule has 0 aliphatic carbocycles. The number of hydrogen-bond acceptors (Lipinski definition) is 5. The Morgan fingerprint density at radius 3 is 2.79 bits per heavy atom. The summed E-state index contributed by atoms with van der Waals surface area (Å²) in [7, 11) is 0. The molecule has 2 aromatic rings. The molecule has 0 bridgehead atoms. The number of benzene rings is 1. The Hall–Kier alpha value is -1.76. The molecule has 1 aromatic heterocycles. The summed E-state index contributed by atoms with van der Waals surface area (Å²) < 4.78 is 5.47. The first-order chi connectivity index (χ1) is 13.7. The van der Waals surface area contributed by atoms with Crippen LogP contribution in [0.25, 0.3) is 11.3 Å². The Morgan fingerprint density at radius 1 is 1.25 bits per heavy atom. The van der Waals surface area contributed by atoms with Crippen molar-refractivity contribution in [3.63, 3.8) is 0 Å². The zero-order chi connectivity index (χ0) is 19.3. The van der Waals surface area contributed by atoms with Gasteiger partial charge in [0, 0.05) is 30.2 Å². The summed E-state index contributed by atoms with van der Waals surface area (Å²) in [6, 6.07) is 10.2. The van der Waals surface area contributed by atoms with Gasteiger partial charge in [-0.05, 0) is 44.6 Å². The van der Waals surface area contributed by atoms with Crippen LogP contribution in [0.3, 0.4) is 0 Å². The summed E-state index contributed by atoms with van der Waals surface area (Å²) in [6.45, 7) is 5.88. The maximum atomic E-state index is 13.0. The van der Waals surface area contributed by atoms with E-state index in [9.17, 15) is 4.79 Å². The molecule has 1 N–H and O–H groups in total. The van der Waals surface area contributed by atoms with E-state index in [0.29, 0.717) is 5.92 Å². The van der Waals surface area contributed by atoms with Crippen molar-refractivity contribution in [3.8, 4) is 11.3 Å². The Balaban J connectivity index is 1.43. The molecule has 2 aliphatic rings. The van der Waals surface area contributed by atoms with Crippen molar-refractivity contribution in [2.45, 2.75) is 45.1 Å². The Bertz CT molecular complexity index is 786. The SMILES string of the molecule is CCc1sc(NC(=O)[C@@H]2CCCN2CC2CCOCC2)nc1-c1ccccc1. The van der Waals surface area contributed by atoms with Crippen molar-refractivity contribution in [1.29, 1.82) is 0 Å². The van der Waals surface area contributed by atoms with E-state index in [1.54, 1.807) is 11.3 Å². The monoisotopic (exact) mass is 399 g/mol. The predicted molar refractivity (Wildman–Crippen MR) is 114 cm³/mol. The van der Waals surface area contributed by atoms with Crippen molar-refractivity contribution in [3.05, 3.63) is 35.2 Å². The fraction of sp³-hybridized carbons (Fsp3) is 0.545. The lowest BCUT2D eigenvalue weighted by molar-refractivity contribution is -0.120. The molecule has 150 valence electrons. The van der Waals surface area contributed by atoms with Gasteiger partial charge in [-0.25, -0.2) is 4.98 Å². The van der Waals surface area contributed by atoms with Gasteiger partial charge in [-0.3, -0.25) is 9.69 Å². The van der Waals surface area contributed by atoms with E-state index >= 15 is 0 Å². The van der Waals surface area contributed by atoms with Gasteiger partial charge in [-0.15, -0.1) is 11.3 Å². The van der Waals surface area contributed by atoms with Crippen LogP contribution >= 0.6 is 11.3 Å². The molecule has 28 heavy (non-hydrogen) atoms. The van der Waals surface area contributed by atoms with Crippen LogP contribution < -0.4 is 5.32 Å². The number of amides is 1. The lowest BCUT2D eigenvalue weighted by Crippen LogP contribution is -2.42. The fourth-order valence-electron chi connectivity index (χ4n) is 4.26. The Morgan fingerprint density at radius 2 is 2.04 bits per heavy atom. The van der Waals surface area contributed by atoms with Gasteiger partial charge >= 0.3 is 0 Å². The zero-order valence-electron chi connectivity index (χ0n) is 16.5. The van der Waals surface area contributed by atoms with Crippen LogP contribution in [0.5, 0.6) is 0 Å². The van der Waals surface area contributed by atoms with Gasteiger partial charge in [0.25, 0.3) is 0 Å². The van der Waals surface area contributed by atoms with Crippen molar-refractivity contribution in [2.75, 3.05) is 31.6 Å². The molecule has 2 aliphatic heterocycles. The van der Waals surface area contributed by atoms with E-state index < -0.39 is 0 Å². The maximum absolute atomic E-state index is 13.0. The number of likely N-dealkylation sites (tertiary alicyclic amines) is 1. The molecule has 4 rings (SSSR count). The molecule has 0 unspecified atom stereocenters. The van der Waals surface area contributed by atoms with Gasteiger partial charge in [0.15, 0.2) is 5.13 Å². The molecule has 2 saturated heterocycles. The number of hydrogen-bond donors (Lipinski definition) is 1. The molecule has 3 heterocycles. The molecule has 1 aromatic carbocycles. The van der Waals surface area contributed by atoms with Gasteiger partial charge in [0.05, 0.1) is 11.7 Å². The van der Waals surface area contributed by atoms with Crippen molar-refractivity contribution in [2.24, 2.45) is 5.92 Å². The number of aryl methyl sites for hydroxylation is 1. The summed E-state index contributed by atoms with van der Waals surface area (Å²) >= 11 is 1.60. The van der Waals surface area contributed by atoms with Crippen molar-refractivity contribution >= 4 is 22.4 Å². The average Bonchev–Trinajstić information content (AvgIpc) is 3.36. The standard InChI is InChI=1S/C22H29N3O2S/c1-2-19-20(17-7-4-3-5-8-17)23-22(28-19)24-21(26)18-9-6-12-25(18)15-16-10-13-27-14-11-16/h3-5,7-8,16,18H,2,6,9-15H2,1H3,(H,23,24,26)/t18-/m0/s1. The van der Waals surface area contributed by atoms with Gasteiger partial charge in [-0.1, -0.05) is 37.3 Å². The van der Waals surface area contributed by atoms with Gasteiger partial charge in [0.2, 0.25) is 5.91 Å².